The van der Waals surface area contributed by atoms with Gasteiger partial charge in [0.15, 0.2) is 0 Å². The van der Waals surface area contributed by atoms with Gasteiger partial charge >= 0.3 is 5.97 Å². The van der Waals surface area contributed by atoms with Crippen molar-refractivity contribution in [3.63, 3.8) is 0 Å². The monoisotopic (exact) mass is 661 g/mol. The molecule has 0 bridgehead atoms. The lowest BCUT2D eigenvalue weighted by Gasteiger charge is -2.30. The molecule has 0 radical (unpaired) electrons. The summed E-state index contributed by atoms with van der Waals surface area (Å²) in [6.07, 6.45) is 45.3. The number of carbonyl (C=O) groups excluding carboxylic acids is 1. The lowest BCUT2D eigenvalue weighted by atomic mass is 10.1. The summed E-state index contributed by atoms with van der Waals surface area (Å²) in [4.78, 5) is 17.2. The van der Waals surface area contributed by atoms with Crippen molar-refractivity contribution in [2.75, 3.05) is 39.4 Å². The fourth-order valence-electron chi connectivity index (χ4n) is 6.89. The third-order valence-corrected chi connectivity index (χ3v) is 9.91. The molecule has 47 heavy (non-hydrogen) atoms. The number of aliphatic hydroxyl groups is 1. The summed E-state index contributed by atoms with van der Waals surface area (Å²) in [6, 6.07) is 0. The van der Waals surface area contributed by atoms with Crippen LogP contribution in [0.3, 0.4) is 0 Å². The minimum absolute atomic E-state index is 0.0390. The molecule has 1 N–H and O–H groups in total. The van der Waals surface area contributed by atoms with Crippen LogP contribution in [0, 0.1) is 0 Å². The molecule has 0 aliphatic carbocycles. The summed E-state index contributed by atoms with van der Waals surface area (Å²) in [5, 5.41) is 9.58. The van der Waals surface area contributed by atoms with Gasteiger partial charge in [0.2, 0.25) is 0 Å². The molecule has 1 atom stereocenters. The van der Waals surface area contributed by atoms with Crippen LogP contribution in [0.2, 0.25) is 0 Å². The van der Waals surface area contributed by atoms with Crippen LogP contribution in [0.5, 0.6) is 0 Å². The first-order valence-corrected chi connectivity index (χ1v) is 20.8. The molecule has 1 rings (SSSR count). The molecule has 5 heteroatoms. The Hall–Kier alpha value is -1.17. The molecule has 0 aromatic rings. The first-order chi connectivity index (χ1) is 23.2. The molecule has 1 fully saturated rings. The van der Waals surface area contributed by atoms with E-state index in [9.17, 15) is 9.90 Å². The summed E-state index contributed by atoms with van der Waals surface area (Å²) < 4.78 is 5.63. The van der Waals surface area contributed by atoms with Gasteiger partial charge in [0.05, 0.1) is 12.8 Å². The molecule has 5 nitrogen and oxygen atoms in total. The van der Waals surface area contributed by atoms with Crippen LogP contribution in [-0.4, -0.2) is 66.4 Å². The SMILES string of the molecule is CCCCCCCC/C=C\CCCCCCCC(=O)OCCN1CCN(CCO)C1CCCCCCC/C=C\CCCCCCCC. The van der Waals surface area contributed by atoms with Gasteiger partial charge in [-0.2, -0.15) is 0 Å². The van der Waals surface area contributed by atoms with Crippen molar-refractivity contribution in [1.29, 1.82) is 0 Å². The van der Waals surface area contributed by atoms with Crippen molar-refractivity contribution in [1.82, 2.24) is 9.80 Å². The highest BCUT2D eigenvalue weighted by atomic mass is 16.5. The average molecular weight is 661 g/mol. The Bertz CT molecular complexity index is 725. The van der Waals surface area contributed by atoms with Crippen molar-refractivity contribution in [3.05, 3.63) is 24.3 Å². The third kappa shape index (κ3) is 27.4. The van der Waals surface area contributed by atoms with E-state index >= 15 is 0 Å². The molecular weight excluding hydrogens is 580 g/mol. The second-order valence-electron chi connectivity index (χ2n) is 14.2. The smallest absolute Gasteiger partial charge is 0.305 e. The number of ether oxygens (including phenoxy) is 1. The van der Waals surface area contributed by atoms with E-state index in [1.54, 1.807) is 0 Å². The molecule has 1 aliphatic rings. The van der Waals surface area contributed by atoms with Gasteiger partial charge in [0.25, 0.3) is 0 Å². The summed E-state index contributed by atoms with van der Waals surface area (Å²) in [7, 11) is 0. The Labute approximate surface area is 293 Å². The topological polar surface area (TPSA) is 53.0 Å². The summed E-state index contributed by atoms with van der Waals surface area (Å²) >= 11 is 0. The van der Waals surface area contributed by atoms with E-state index in [-0.39, 0.29) is 12.6 Å². The zero-order valence-electron chi connectivity index (χ0n) is 31.6. The van der Waals surface area contributed by atoms with Gasteiger partial charge in [-0.15, -0.1) is 0 Å². The number of rotatable bonds is 35. The van der Waals surface area contributed by atoms with E-state index in [4.69, 9.17) is 4.74 Å². The van der Waals surface area contributed by atoms with E-state index in [0.717, 1.165) is 45.4 Å². The molecule has 0 amide bonds. The van der Waals surface area contributed by atoms with Crippen molar-refractivity contribution < 1.29 is 14.6 Å². The van der Waals surface area contributed by atoms with Gasteiger partial charge < -0.3 is 9.84 Å². The Kier molecular flexibility index (Phi) is 32.4. The highest BCUT2D eigenvalue weighted by Crippen LogP contribution is 2.21. The van der Waals surface area contributed by atoms with Crippen LogP contribution in [-0.2, 0) is 9.53 Å². The second-order valence-corrected chi connectivity index (χ2v) is 14.2. The molecule has 0 aromatic heterocycles. The van der Waals surface area contributed by atoms with Gasteiger partial charge in [-0.1, -0.05) is 147 Å². The maximum atomic E-state index is 12.3. The van der Waals surface area contributed by atoms with Crippen LogP contribution in [0.25, 0.3) is 0 Å². The largest absolute Gasteiger partial charge is 0.464 e. The number of hydrogen-bond donors (Lipinski definition) is 1. The maximum absolute atomic E-state index is 12.3. The predicted molar refractivity (Wildman–Crippen MR) is 204 cm³/mol. The van der Waals surface area contributed by atoms with E-state index < -0.39 is 0 Å². The number of hydrogen-bond acceptors (Lipinski definition) is 5. The number of β-amino-alcohol motifs (C(OH)–C–C–N with tert-alkyl or cyclic N) is 1. The molecule has 1 saturated heterocycles. The number of allylic oxidation sites excluding steroid dienone is 4. The van der Waals surface area contributed by atoms with Crippen molar-refractivity contribution >= 4 is 5.97 Å². The fraction of sp³-hybridized carbons (Fsp3) is 0.881. The molecule has 0 saturated carbocycles. The van der Waals surface area contributed by atoms with Crippen LogP contribution in [0.4, 0.5) is 0 Å². The first kappa shape index (κ1) is 43.9. The van der Waals surface area contributed by atoms with Crippen molar-refractivity contribution in [3.8, 4) is 0 Å². The van der Waals surface area contributed by atoms with Crippen molar-refractivity contribution in [2.45, 2.75) is 200 Å². The minimum atomic E-state index is -0.0390. The molecule has 1 unspecified atom stereocenters. The zero-order valence-corrected chi connectivity index (χ0v) is 31.6. The molecule has 1 heterocycles. The van der Waals surface area contributed by atoms with E-state index in [1.807, 2.05) is 0 Å². The highest BCUT2D eigenvalue weighted by Gasteiger charge is 2.30. The van der Waals surface area contributed by atoms with Gasteiger partial charge in [0, 0.05) is 32.6 Å². The number of esters is 1. The summed E-state index contributed by atoms with van der Waals surface area (Å²) in [5.41, 5.74) is 0. The summed E-state index contributed by atoms with van der Waals surface area (Å²) in [5.74, 6) is -0.0390. The lowest BCUT2D eigenvalue weighted by molar-refractivity contribution is -0.144. The quantitative estimate of drug-likeness (QED) is 0.0416. The van der Waals surface area contributed by atoms with Gasteiger partial charge in [-0.25, -0.2) is 0 Å². The number of nitrogens with zero attached hydrogens (tertiary/aromatic N) is 2. The molecule has 276 valence electrons. The maximum Gasteiger partial charge on any atom is 0.305 e. The van der Waals surface area contributed by atoms with Crippen LogP contribution < -0.4 is 0 Å². The third-order valence-electron chi connectivity index (χ3n) is 9.91. The Balaban J connectivity index is 2.03. The Morgan fingerprint density at radius 3 is 1.45 bits per heavy atom. The Morgan fingerprint density at radius 1 is 0.574 bits per heavy atom. The molecule has 1 aliphatic heterocycles. The van der Waals surface area contributed by atoms with Crippen LogP contribution in [0.1, 0.15) is 194 Å². The molecular formula is C42H80N2O3. The number of carbonyl (C=O) groups is 1. The van der Waals surface area contributed by atoms with E-state index in [1.165, 1.54) is 154 Å². The fourth-order valence-corrected chi connectivity index (χ4v) is 6.89. The predicted octanol–water partition coefficient (Wildman–Crippen LogP) is 11.5. The number of aliphatic hydroxyl groups excluding tert-OH is 1. The zero-order chi connectivity index (χ0) is 33.9. The van der Waals surface area contributed by atoms with E-state index in [0.29, 0.717) is 19.2 Å². The van der Waals surface area contributed by atoms with Crippen molar-refractivity contribution in [2.24, 2.45) is 0 Å². The molecule has 0 spiro atoms. The van der Waals surface area contributed by atoms with Gasteiger partial charge in [-0.3, -0.25) is 14.6 Å². The summed E-state index contributed by atoms with van der Waals surface area (Å²) in [6.45, 7) is 8.79. The number of unbranched alkanes of at least 4 members (excludes halogenated alkanes) is 22. The molecule has 0 aromatic carbocycles. The van der Waals surface area contributed by atoms with Crippen LogP contribution in [0.15, 0.2) is 24.3 Å². The first-order valence-electron chi connectivity index (χ1n) is 20.8. The van der Waals surface area contributed by atoms with E-state index in [2.05, 4.69) is 48.0 Å². The van der Waals surface area contributed by atoms with Gasteiger partial charge in [-0.05, 0) is 64.2 Å². The minimum Gasteiger partial charge on any atom is -0.464 e. The lowest BCUT2D eigenvalue weighted by Crippen LogP contribution is -2.41. The normalized spacial score (nSPS) is 15.9. The van der Waals surface area contributed by atoms with Crippen LogP contribution >= 0.6 is 0 Å². The highest BCUT2D eigenvalue weighted by molar-refractivity contribution is 5.69. The Morgan fingerprint density at radius 2 is 0.979 bits per heavy atom. The van der Waals surface area contributed by atoms with Gasteiger partial charge in [0.1, 0.15) is 6.61 Å². The average Bonchev–Trinajstić information content (AvgIpc) is 3.45. The standard InChI is InChI=1S/C42H80N2O3/c1-3-5-7-9-11-13-15-17-19-21-23-25-27-29-31-33-41-43(37-39-45)35-36-44(41)38-40-47-42(46)34-32-30-28-26-24-22-20-18-16-14-12-10-8-6-4-2/h17-20,41,45H,3-16,21-40H2,1-2H3/b19-17-,20-18-. The second kappa shape index (κ2) is 34.7.